The van der Waals surface area contributed by atoms with Gasteiger partial charge in [0.2, 0.25) is 0 Å². The number of hydrogen-bond acceptors (Lipinski definition) is 4. The van der Waals surface area contributed by atoms with Crippen LogP contribution in [0.1, 0.15) is 134 Å². The first kappa shape index (κ1) is 26.6. The minimum absolute atomic E-state index is 0.0453. The maximum atomic E-state index is 5.07. The van der Waals surface area contributed by atoms with E-state index in [1.165, 1.54) is 53.0 Å². The van der Waals surface area contributed by atoms with Crippen molar-refractivity contribution in [1.29, 1.82) is 0 Å². The number of fused-ring (bicyclic) bond motifs is 3. The molecule has 3 heterocycles. The molecule has 3 aliphatic rings. The summed E-state index contributed by atoms with van der Waals surface area (Å²) in [6.45, 7) is 19.3. The molecule has 4 heteroatoms. The van der Waals surface area contributed by atoms with E-state index in [0.717, 1.165) is 25.7 Å². The predicted octanol–water partition coefficient (Wildman–Crippen LogP) is 8.02. The average Bonchev–Trinajstić information content (AvgIpc) is 3.36. The Kier molecular flexibility index (Phi) is 5.76. The molecule has 0 radical (unpaired) electrons. The van der Waals surface area contributed by atoms with Crippen LogP contribution < -0.4 is 0 Å². The summed E-state index contributed by atoms with van der Waals surface area (Å²) in [6, 6.07) is 6.77. The van der Waals surface area contributed by atoms with Crippen LogP contribution in [0.2, 0.25) is 0 Å². The fourth-order valence-corrected chi connectivity index (χ4v) is 9.43. The minimum Gasteiger partial charge on any atom is -0.264 e. The summed E-state index contributed by atoms with van der Waals surface area (Å²) in [7, 11) is 0. The molecule has 3 aromatic heterocycles. The lowest BCUT2D eigenvalue weighted by molar-refractivity contribution is 0.250. The van der Waals surface area contributed by atoms with E-state index in [1.54, 1.807) is 0 Å². The van der Waals surface area contributed by atoms with Crippen molar-refractivity contribution in [2.24, 2.45) is 0 Å². The first-order valence-electron chi connectivity index (χ1n) is 14.9. The summed E-state index contributed by atoms with van der Waals surface area (Å²) < 4.78 is 0. The van der Waals surface area contributed by atoms with Crippen LogP contribution in [0.5, 0.6) is 0 Å². The van der Waals surface area contributed by atoms with E-state index in [2.05, 4.69) is 84.8 Å². The van der Waals surface area contributed by atoms with Gasteiger partial charge >= 0.3 is 0 Å². The molecule has 4 atom stereocenters. The van der Waals surface area contributed by atoms with Crippen LogP contribution in [0.15, 0.2) is 49.2 Å². The Hall–Kier alpha value is -2.62. The first-order valence-corrected chi connectivity index (χ1v) is 14.9. The van der Waals surface area contributed by atoms with Gasteiger partial charge in [0.05, 0.1) is 11.4 Å². The van der Waals surface area contributed by atoms with E-state index >= 15 is 0 Å². The number of rotatable bonds is 6. The normalized spacial score (nSPS) is 33.5. The van der Waals surface area contributed by atoms with Crippen LogP contribution in [-0.4, -0.2) is 19.9 Å². The molecule has 0 aromatic carbocycles. The van der Waals surface area contributed by atoms with Gasteiger partial charge in [0.25, 0.3) is 0 Å². The molecule has 3 aliphatic carbocycles. The quantitative estimate of drug-likeness (QED) is 0.329. The Morgan fingerprint density at radius 2 is 1.08 bits per heavy atom. The highest BCUT2D eigenvalue weighted by molar-refractivity contribution is 5.45. The van der Waals surface area contributed by atoms with E-state index in [0.29, 0.717) is 0 Å². The fraction of sp³-hybridized carbons (Fsp3) is 0.600. The molecule has 4 nitrogen and oxygen atoms in total. The number of aromatic nitrogens is 4. The lowest BCUT2D eigenvalue weighted by Crippen LogP contribution is -2.31. The van der Waals surface area contributed by atoms with E-state index < -0.39 is 0 Å². The van der Waals surface area contributed by atoms with Crippen molar-refractivity contribution in [3.63, 3.8) is 0 Å². The van der Waals surface area contributed by atoms with Crippen molar-refractivity contribution in [3.05, 3.63) is 83.0 Å². The lowest BCUT2D eigenvalue weighted by Gasteiger charge is -2.35. The van der Waals surface area contributed by atoms with Crippen molar-refractivity contribution < 1.29 is 0 Å². The topological polar surface area (TPSA) is 51.6 Å². The summed E-state index contributed by atoms with van der Waals surface area (Å²) in [6.07, 6.45) is 17.9. The highest BCUT2D eigenvalue weighted by Crippen LogP contribution is 2.58. The average molecular weight is 523 g/mol. The van der Waals surface area contributed by atoms with Gasteiger partial charge in [0.1, 0.15) is 0 Å². The molecular formula is C35H46N4. The standard InChI is InChI=1S/C35H46N4/c1-30(2)21-32(5,26-20-36-17-11-24(26)30)12-13-33(6)23-35(8,27-25(33)10-9-16-37-27)15-14-34(7)22-31(3,4)28-29(34)39-19-18-38-28/h9-11,16-20H,12-15,21-23H2,1-8H3/t32-,33-,34-,35-/m0/s1. The van der Waals surface area contributed by atoms with E-state index in [9.17, 15) is 0 Å². The van der Waals surface area contributed by atoms with Crippen LogP contribution in [0.4, 0.5) is 0 Å². The summed E-state index contributed by atoms with van der Waals surface area (Å²) in [5.41, 5.74) is 8.77. The molecule has 39 heavy (non-hydrogen) atoms. The molecule has 0 bridgehead atoms. The van der Waals surface area contributed by atoms with E-state index in [4.69, 9.17) is 15.0 Å². The molecule has 3 aromatic rings. The zero-order valence-corrected chi connectivity index (χ0v) is 25.4. The monoisotopic (exact) mass is 522 g/mol. The number of hydrogen-bond donors (Lipinski definition) is 0. The lowest BCUT2D eigenvalue weighted by atomic mass is 9.68. The van der Waals surface area contributed by atoms with Crippen molar-refractivity contribution in [2.75, 3.05) is 0 Å². The Morgan fingerprint density at radius 3 is 1.79 bits per heavy atom. The number of nitrogens with zero attached hydrogens (tertiary/aromatic N) is 4. The Balaban J connectivity index is 1.26. The smallest absolute Gasteiger partial charge is 0.0683 e. The second-order valence-corrected chi connectivity index (χ2v) is 15.6. The van der Waals surface area contributed by atoms with E-state index in [1.807, 2.05) is 24.8 Å². The molecule has 206 valence electrons. The van der Waals surface area contributed by atoms with Crippen molar-refractivity contribution in [1.82, 2.24) is 19.9 Å². The van der Waals surface area contributed by atoms with Gasteiger partial charge in [0.15, 0.2) is 0 Å². The molecule has 0 fully saturated rings. The third kappa shape index (κ3) is 4.07. The third-order valence-corrected chi connectivity index (χ3v) is 11.0. The molecule has 0 saturated heterocycles. The van der Waals surface area contributed by atoms with Gasteiger partial charge in [-0.05, 0) is 90.0 Å². The van der Waals surface area contributed by atoms with Crippen LogP contribution >= 0.6 is 0 Å². The van der Waals surface area contributed by atoms with Crippen molar-refractivity contribution >= 4 is 0 Å². The molecule has 6 rings (SSSR count). The second kappa shape index (κ2) is 8.44. The maximum absolute atomic E-state index is 5.07. The zero-order chi connectivity index (χ0) is 27.9. The van der Waals surface area contributed by atoms with Gasteiger partial charge in [0, 0.05) is 52.9 Å². The Bertz CT molecular complexity index is 1320. The van der Waals surface area contributed by atoms with Gasteiger partial charge in [-0.25, -0.2) is 0 Å². The molecule has 0 saturated carbocycles. The highest BCUT2D eigenvalue weighted by atomic mass is 14.9. The molecule has 0 aliphatic heterocycles. The van der Waals surface area contributed by atoms with Crippen LogP contribution in [0.25, 0.3) is 0 Å². The van der Waals surface area contributed by atoms with Gasteiger partial charge in [-0.15, -0.1) is 0 Å². The third-order valence-electron chi connectivity index (χ3n) is 11.0. The molecule has 0 amide bonds. The van der Waals surface area contributed by atoms with E-state index in [-0.39, 0.29) is 32.5 Å². The SMILES string of the molecule is CC1(C)C[C@](C)(CC[C@@]2(C)C[C@](C)(CC[C@@]3(C)CC(C)(C)c4nccnc43)c3ncccc32)c2cnccc21. The molecule has 0 spiro atoms. The van der Waals surface area contributed by atoms with Crippen LogP contribution in [0.3, 0.4) is 0 Å². The first-order chi connectivity index (χ1) is 18.2. The van der Waals surface area contributed by atoms with Gasteiger partial charge < -0.3 is 0 Å². The van der Waals surface area contributed by atoms with Gasteiger partial charge in [-0.2, -0.15) is 0 Å². The Morgan fingerprint density at radius 1 is 0.513 bits per heavy atom. The minimum atomic E-state index is 0.0453. The largest absolute Gasteiger partial charge is 0.264 e. The number of pyridine rings is 2. The maximum Gasteiger partial charge on any atom is 0.0683 e. The molecular weight excluding hydrogens is 476 g/mol. The summed E-state index contributed by atoms with van der Waals surface area (Å²) in [5, 5.41) is 0. The summed E-state index contributed by atoms with van der Waals surface area (Å²) in [5.74, 6) is 0. The van der Waals surface area contributed by atoms with Gasteiger partial charge in [-0.1, -0.05) is 61.5 Å². The zero-order valence-electron chi connectivity index (χ0n) is 25.4. The van der Waals surface area contributed by atoms with Crippen LogP contribution in [0, 0.1) is 0 Å². The van der Waals surface area contributed by atoms with Gasteiger partial charge in [-0.3, -0.25) is 19.9 Å². The van der Waals surface area contributed by atoms with Crippen LogP contribution in [-0.2, 0) is 32.5 Å². The molecule has 0 N–H and O–H groups in total. The predicted molar refractivity (Wildman–Crippen MR) is 158 cm³/mol. The molecule has 0 unspecified atom stereocenters. The Labute approximate surface area is 235 Å². The highest BCUT2D eigenvalue weighted by Gasteiger charge is 2.53. The fourth-order valence-electron chi connectivity index (χ4n) is 9.43. The second-order valence-electron chi connectivity index (χ2n) is 15.6. The van der Waals surface area contributed by atoms with Crippen molar-refractivity contribution in [3.8, 4) is 0 Å². The van der Waals surface area contributed by atoms with Crippen molar-refractivity contribution in [2.45, 2.75) is 133 Å². The summed E-state index contributed by atoms with van der Waals surface area (Å²) >= 11 is 0. The summed E-state index contributed by atoms with van der Waals surface area (Å²) in [4.78, 5) is 19.3.